The van der Waals surface area contributed by atoms with Gasteiger partial charge in [-0.2, -0.15) is 0 Å². The summed E-state index contributed by atoms with van der Waals surface area (Å²) in [5.74, 6) is 1.41. The number of piperazine rings is 1. The van der Waals surface area contributed by atoms with Crippen LogP contribution < -0.4 is 9.64 Å². The van der Waals surface area contributed by atoms with E-state index in [9.17, 15) is 0 Å². The molecule has 5 saturated heterocycles. The SMILES string of the molecule is COc1ccc2nc3cc(Cl)ccc3c(N3CCN(CCO[C@H]4O[C@@H]5O[C@@]6(C)CC[C@H]7[C@H](C)CC[C@@H]([C@H]4C)[C@@]57OO6)CC3)c2c1. The summed E-state index contributed by atoms with van der Waals surface area (Å²) in [6.45, 7) is 11.7. The average Bonchev–Trinajstić information content (AvgIpc) is 3.28. The van der Waals surface area contributed by atoms with Gasteiger partial charge in [-0.1, -0.05) is 25.4 Å². The second kappa shape index (κ2) is 11.5. The van der Waals surface area contributed by atoms with E-state index in [1.807, 2.05) is 31.2 Å². The molecule has 45 heavy (non-hydrogen) atoms. The summed E-state index contributed by atoms with van der Waals surface area (Å²) in [7, 11) is 1.70. The Kier molecular flexibility index (Phi) is 7.68. The minimum Gasteiger partial charge on any atom is -0.497 e. The van der Waals surface area contributed by atoms with Gasteiger partial charge in [0.15, 0.2) is 18.2 Å². The van der Waals surface area contributed by atoms with Crippen LogP contribution in [0.15, 0.2) is 36.4 Å². The van der Waals surface area contributed by atoms with Crippen LogP contribution in [-0.4, -0.2) is 80.3 Å². The van der Waals surface area contributed by atoms with Crippen molar-refractivity contribution in [2.75, 3.05) is 51.3 Å². The molecule has 6 fully saturated rings. The molecule has 8 atom stereocenters. The van der Waals surface area contributed by atoms with Crippen molar-refractivity contribution >= 4 is 39.1 Å². The van der Waals surface area contributed by atoms with Crippen LogP contribution in [0.25, 0.3) is 21.8 Å². The van der Waals surface area contributed by atoms with Gasteiger partial charge in [-0.3, -0.25) is 4.90 Å². The fourth-order valence-electron chi connectivity index (χ4n) is 8.90. The normalized spacial score (nSPS) is 36.7. The number of nitrogens with zero attached hydrogens (tertiary/aromatic N) is 3. The molecule has 1 saturated carbocycles. The maximum Gasteiger partial charge on any atom is 0.201 e. The first-order valence-electron chi connectivity index (χ1n) is 16.6. The molecule has 0 radical (unpaired) electrons. The van der Waals surface area contributed by atoms with Crippen LogP contribution in [-0.2, 0) is 24.0 Å². The third-order valence-electron chi connectivity index (χ3n) is 11.4. The summed E-state index contributed by atoms with van der Waals surface area (Å²) in [6, 6.07) is 12.1. The van der Waals surface area contributed by atoms with E-state index in [4.69, 9.17) is 45.3 Å². The van der Waals surface area contributed by atoms with E-state index in [0.717, 1.165) is 79.5 Å². The molecule has 9 rings (SSSR count). The lowest BCUT2D eigenvalue weighted by Gasteiger charge is -2.60. The number of rotatable bonds is 6. The molecule has 2 aromatic carbocycles. The molecule has 1 spiro atoms. The van der Waals surface area contributed by atoms with Gasteiger partial charge in [-0.15, -0.1) is 0 Å². The number of halogens is 1. The largest absolute Gasteiger partial charge is 0.497 e. The summed E-state index contributed by atoms with van der Waals surface area (Å²) in [5.41, 5.74) is 2.48. The molecule has 0 N–H and O–H groups in total. The maximum atomic E-state index is 6.63. The van der Waals surface area contributed by atoms with Gasteiger partial charge >= 0.3 is 0 Å². The van der Waals surface area contributed by atoms with Crippen molar-refractivity contribution < 1.29 is 28.7 Å². The van der Waals surface area contributed by atoms with E-state index in [0.29, 0.717) is 23.5 Å². The third-order valence-corrected chi connectivity index (χ3v) is 11.6. The highest BCUT2D eigenvalue weighted by Crippen LogP contribution is 2.60. The molecule has 3 aromatic rings. The van der Waals surface area contributed by atoms with Crippen LogP contribution in [0.3, 0.4) is 0 Å². The van der Waals surface area contributed by atoms with Crippen molar-refractivity contribution in [2.45, 2.75) is 70.4 Å². The minimum absolute atomic E-state index is 0.182. The molecular weight excluding hydrogens is 594 g/mol. The van der Waals surface area contributed by atoms with E-state index in [1.165, 1.54) is 12.1 Å². The van der Waals surface area contributed by atoms with Crippen LogP contribution in [0.1, 0.15) is 46.5 Å². The highest BCUT2D eigenvalue weighted by atomic mass is 35.5. The highest BCUT2D eigenvalue weighted by Gasteiger charge is 2.69. The molecule has 9 nitrogen and oxygen atoms in total. The van der Waals surface area contributed by atoms with E-state index in [2.05, 4.69) is 35.8 Å². The quantitative estimate of drug-likeness (QED) is 0.226. The van der Waals surface area contributed by atoms with Crippen molar-refractivity contribution in [1.82, 2.24) is 9.88 Å². The van der Waals surface area contributed by atoms with Crippen molar-refractivity contribution in [1.29, 1.82) is 0 Å². The zero-order chi connectivity index (χ0) is 30.9. The lowest BCUT2D eigenvalue weighted by Crippen LogP contribution is -2.70. The van der Waals surface area contributed by atoms with E-state index >= 15 is 0 Å². The number of pyridine rings is 1. The molecule has 6 aliphatic rings. The molecular formula is C35H44ClN3O6. The van der Waals surface area contributed by atoms with Crippen molar-refractivity contribution in [2.24, 2.45) is 23.7 Å². The molecule has 1 aliphatic carbocycles. The smallest absolute Gasteiger partial charge is 0.201 e. The molecule has 5 aliphatic heterocycles. The monoisotopic (exact) mass is 637 g/mol. The Hall–Kier alpha value is -2.24. The van der Waals surface area contributed by atoms with Gasteiger partial charge in [0, 0.05) is 66.8 Å². The molecule has 6 heterocycles. The van der Waals surface area contributed by atoms with Crippen LogP contribution in [0.2, 0.25) is 5.02 Å². The zero-order valence-electron chi connectivity index (χ0n) is 26.7. The summed E-state index contributed by atoms with van der Waals surface area (Å²) in [5, 5.41) is 2.89. The molecule has 0 amide bonds. The van der Waals surface area contributed by atoms with Gasteiger partial charge in [0.2, 0.25) is 5.79 Å². The van der Waals surface area contributed by atoms with Gasteiger partial charge in [0.05, 0.1) is 30.4 Å². The number of hydrogen-bond donors (Lipinski definition) is 0. The van der Waals surface area contributed by atoms with Gasteiger partial charge in [0.25, 0.3) is 0 Å². The molecule has 242 valence electrons. The fourth-order valence-corrected chi connectivity index (χ4v) is 9.06. The lowest BCUT2D eigenvalue weighted by atomic mass is 9.58. The predicted octanol–water partition coefficient (Wildman–Crippen LogP) is 6.40. The third kappa shape index (κ3) is 5.01. The van der Waals surface area contributed by atoms with Crippen LogP contribution >= 0.6 is 11.6 Å². The summed E-state index contributed by atoms with van der Waals surface area (Å²) in [6.07, 6.45) is 3.30. The second-order valence-corrected chi connectivity index (χ2v) is 14.4. The van der Waals surface area contributed by atoms with E-state index in [-0.39, 0.29) is 18.1 Å². The van der Waals surface area contributed by atoms with Gasteiger partial charge in [0.1, 0.15) is 5.75 Å². The molecule has 1 aromatic heterocycles. The van der Waals surface area contributed by atoms with Crippen LogP contribution in [0.5, 0.6) is 5.75 Å². The predicted molar refractivity (Wildman–Crippen MR) is 172 cm³/mol. The topological polar surface area (TPSA) is 74.8 Å². The first-order valence-corrected chi connectivity index (χ1v) is 17.0. The first-order chi connectivity index (χ1) is 21.8. The van der Waals surface area contributed by atoms with Gasteiger partial charge in [-0.25, -0.2) is 14.8 Å². The average molecular weight is 638 g/mol. The van der Waals surface area contributed by atoms with Gasteiger partial charge < -0.3 is 23.8 Å². The number of methoxy groups -OCH3 is 1. The fraction of sp³-hybridized carbons (Fsp3) is 0.629. The van der Waals surface area contributed by atoms with Crippen molar-refractivity contribution in [3.05, 3.63) is 41.4 Å². The lowest BCUT2D eigenvalue weighted by molar-refractivity contribution is -0.577. The Morgan fingerprint density at radius 3 is 2.62 bits per heavy atom. The van der Waals surface area contributed by atoms with E-state index in [1.54, 1.807) is 7.11 Å². The summed E-state index contributed by atoms with van der Waals surface area (Å²) < 4.78 is 25.2. The molecule has 2 bridgehead atoms. The second-order valence-electron chi connectivity index (χ2n) is 14.0. The minimum atomic E-state index is -0.773. The highest BCUT2D eigenvalue weighted by molar-refractivity contribution is 6.31. The standard InChI is InChI=1S/C35H44ClN3O6/c1-21-5-9-28-22(2)32(42-33-35(28)27(21)11-12-34(3,43-33)44-45-35)41-18-17-38-13-15-39(16-14-38)31-25-8-6-23(36)19-30(25)37-29-10-7-24(40-4)20-26(29)31/h6-8,10,19-22,27-28,32-33H,5,9,11-18H2,1-4H3/t21-,22-,27+,28+,32+,33-,34-,35-/m1/s1. The number of aromatic nitrogens is 1. The van der Waals surface area contributed by atoms with Crippen molar-refractivity contribution in [3.63, 3.8) is 0 Å². The molecule has 0 unspecified atom stereocenters. The Bertz CT molecular complexity index is 1580. The van der Waals surface area contributed by atoms with Gasteiger partial charge in [-0.05, 0) is 74.4 Å². The Morgan fingerprint density at radius 2 is 1.80 bits per heavy atom. The van der Waals surface area contributed by atoms with Crippen LogP contribution in [0.4, 0.5) is 5.69 Å². The molecule has 10 heteroatoms. The first kappa shape index (κ1) is 30.1. The maximum absolute atomic E-state index is 6.63. The Labute approximate surface area is 269 Å². The Morgan fingerprint density at radius 1 is 0.956 bits per heavy atom. The number of fused-ring (bicyclic) bond motifs is 4. The number of ether oxygens (including phenoxy) is 4. The number of benzene rings is 2. The number of hydrogen-bond acceptors (Lipinski definition) is 9. The van der Waals surface area contributed by atoms with E-state index < -0.39 is 17.7 Å². The van der Waals surface area contributed by atoms with Crippen molar-refractivity contribution in [3.8, 4) is 5.75 Å². The Balaban J connectivity index is 0.941. The zero-order valence-corrected chi connectivity index (χ0v) is 27.4. The van der Waals surface area contributed by atoms with Crippen LogP contribution in [0, 0.1) is 23.7 Å². The summed E-state index contributed by atoms with van der Waals surface area (Å²) in [4.78, 5) is 22.1. The number of anilines is 1. The summed E-state index contributed by atoms with van der Waals surface area (Å²) >= 11 is 6.36.